The third-order valence-electron chi connectivity index (χ3n) is 10.4. The third kappa shape index (κ3) is 6.60. The molecule has 6 rings (SSSR count). The number of aryl methyl sites for hydroxylation is 2. The summed E-state index contributed by atoms with van der Waals surface area (Å²) < 4.78 is 3.74. The van der Waals surface area contributed by atoms with Gasteiger partial charge in [0.15, 0.2) is 0 Å². The van der Waals surface area contributed by atoms with Crippen LogP contribution in [0.5, 0.6) is 0 Å². The molecule has 0 bridgehead atoms. The molecule has 0 aliphatic heterocycles. The molecular weight excluding hydrogens is 644 g/mol. The third-order valence-corrected chi connectivity index (χ3v) is 19.1. The fourth-order valence-corrected chi connectivity index (χ4v) is 16.9. The number of benzene rings is 4. The number of fused-ring (bicyclic) bond motifs is 3. The van der Waals surface area contributed by atoms with E-state index in [-0.39, 0.29) is 16.2 Å². The van der Waals surface area contributed by atoms with Gasteiger partial charge in [-0.1, -0.05) is 0 Å². The number of hydrogen-bond acceptors (Lipinski definition) is 0. The van der Waals surface area contributed by atoms with Crippen LogP contribution in [0.25, 0.3) is 11.1 Å². The van der Waals surface area contributed by atoms with E-state index >= 15 is 0 Å². The molecule has 0 amide bonds. The zero-order valence-corrected chi connectivity index (χ0v) is 33.4. The van der Waals surface area contributed by atoms with Gasteiger partial charge < -0.3 is 0 Å². The van der Waals surface area contributed by atoms with E-state index in [0.29, 0.717) is 9.54 Å². The average Bonchev–Trinajstić information content (AvgIpc) is 3.54. The Balaban J connectivity index is 1.76. The topological polar surface area (TPSA) is 0 Å². The first kappa shape index (κ1) is 34.0. The van der Waals surface area contributed by atoms with Gasteiger partial charge in [-0.15, -0.1) is 0 Å². The minimum atomic E-state index is -2.86. The molecule has 4 aromatic carbocycles. The van der Waals surface area contributed by atoms with Crippen molar-refractivity contribution in [3.05, 3.63) is 150 Å². The molecule has 0 saturated carbocycles. The Bertz CT molecular complexity index is 1810. The fourth-order valence-electron chi connectivity index (χ4n) is 7.36. The summed E-state index contributed by atoms with van der Waals surface area (Å²) in [5.74, 6) is 0.430. The molecule has 1 atom stereocenters. The number of allylic oxidation sites excluding steroid dienone is 4. The second-order valence-corrected chi connectivity index (χ2v) is 23.4. The van der Waals surface area contributed by atoms with Gasteiger partial charge in [-0.25, -0.2) is 0 Å². The van der Waals surface area contributed by atoms with Crippen LogP contribution >= 0.6 is 0 Å². The van der Waals surface area contributed by atoms with E-state index < -0.39 is 21.3 Å². The van der Waals surface area contributed by atoms with E-state index in [2.05, 4.69) is 180 Å². The van der Waals surface area contributed by atoms with Gasteiger partial charge in [-0.3, -0.25) is 0 Å². The van der Waals surface area contributed by atoms with Gasteiger partial charge in [0, 0.05) is 0 Å². The van der Waals surface area contributed by atoms with Crippen molar-refractivity contribution in [2.45, 2.75) is 97.5 Å². The van der Waals surface area contributed by atoms with E-state index in [9.17, 15) is 0 Å². The van der Waals surface area contributed by atoms with Crippen molar-refractivity contribution in [2.24, 2.45) is 11.3 Å². The second-order valence-electron chi connectivity index (χ2n) is 17.3. The van der Waals surface area contributed by atoms with Crippen LogP contribution in [-0.4, -0.2) is 3.21 Å². The van der Waals surface area contributed by atoms with Crippen LogP contribution in [-0.2, 0) is 32.1 Å². The number of rotatable bonds is 4. The minimum absolute atomic E-state index is 0.0889. The summed E-state index contributed by atoms with van der Waals surface area (Å²) in [6.07, 6.45) is 5.24. The molecule has 0 aromatic heterocycles. The van der Waals surface area contributed by atoms with E-state index in [4.69, 9.17) is 0 Å². The van der Waals surface area contributed by atoms with Crippen LogP contribution < -0.4 is 0 Å². The zero-order valence-electron chi connectivity index (χ0n) is 30.9. The summed E-state index contributed by atoms with van der Waals surface area (Å²) in [6, 6.07) is 33.9. The average molecular weight is 698 g/mol. The molecule has 47 heavy (non-hydrogen) atoms. The Morgan fingerprint density at radius 3 is 1.34 bits per heavy atom. The molecule has 0 spiro atoms. The van der Waals surface area contributed by atoms with Crippen LogP contribution in [0.3, 0.4) is 0 Å². The monoisotopic (exact) mass is 696 g/mol. The van der Waals surface area contributed by atoms with Gasteiger partial charge in [0.05, 0.1) is 0 Å². The van der Waals surface area contributed by atoms with Crippen molar-refractivity contribution in [3.63, 3.8) is 0 Å². The van der Waals surface area contributed by atoms with Crippen molar-refractivity contribution < 1.29 is 21.3 Å². The molecule has 242 valence electrons. The van der Waals surface area contributed by atoms with Gasteiger partial charge >= 0.3 is 295 Å². The Labute approximate surface area is 293 Å². The normalized spacial score (nSPS) is 16.5. The molecule has 0 saturated heterocycles. The standard InChI is InChI=1S/C21H25.C15H14.C10H15.Zr/c1-20(2,3)16-9-7-14-11-15-8-10-17(21(4,5)6)13-19(15)18(14)12-16;1-12-3-7-14(8-4-12)11-15-9-5-13(2)6-10-15;1-8-5-6-9(7-8)10(2,3)4;/h7-13H,1-6H3;3-10H,1-2H3;6-8H,1-4H3;. The SMILES string of the molecule is Cc1ccc([C](c2ccc(C)cc2)=[Zr]([C]2=CC(C(C)(C)C)=CC2C)[CH]2c3ccc(C(C)(C)C)cc3-c3cc(C(C)(C)C)ccc32)cc1. The summed E-state index contributed by atoms with van der Waals surface area (Å²) in [4.78, 5) is 0. The Hall–Kier alpha value is -2.89. The van der Waals surface area contributed by atoms with Gasteiger partial charge in [-0.2, -0.15) is 0 Å². The van der Waals surface area contributed by atoms with Gasteiger partial charge in [0.25, 0.3) is 0 Å². The summed E-state index contributed by atoms with van der Waals surface area (Å²) in [5.41, 5.74) is 16.1. The van der Waals surface area contributed by atoms with E-state index in [1.807, 2.05) is 0 Å². The zero-order chi connectivity index (χ0) is 34.1. The first-order valence-electron chi connectivity index (χ1n) is 17.6. The summed E-state index contributed by atoms with van der Waals surface area (Å²) in [6.45, 7) is 28.1. The van der Waals surface area contributed by atoms with E-state index in [0.717, 1.165) is 0 Å². The van der Waals surface area contributed by atoms with Crippen molar-refractivity contribution in [3.8, 4) is 11.1 Å². The molecule has 4 aromatic rings. The summed E-state index contributed by atoms with van der Waals surface area (Å²) in [5, 5.41) is 0. The Kier molecular flexibility index (Phi) is 8.84. The Morgan fingerprint density at radius 1 is 0.553 bits per heavy atom. The van der Waals surface area contributed by atoms with E-state index in [1.165, 1.54) is 50.1 Å². The maximum absolute atomic E-state index is 2.86. The Morgan fingerprint density at radius 2 is 0.979 bits per heavy atom. The molecule has 2 aliphatic carbocycles. The summed E-state index contributed by atoms with van der Waals surface area (Å²) >= 11 is -2.86. The van der Waals surface area contributed by atoms with Gasteiger partial charge in [0.1, 0.15) is 0 Å². The predicted octanol–water partition coefficient (Wildman–Crippen LogP) is 12.4. The first-order valence-corrected chi connectivity index (χ1v) is 21.4. The van der Waals surface area contributed by atoms with Crippen LogP contribution in [0.1, 0.15) is 117 Å². The molecular formula is C46H54Zr. The molecule has 0 nitrogen and oxygen atoms in total. The van der Waals surface area contributed by atoms with Crippen LogP contribution in [0.2, 0.25) is 0 Å². The molecule has 0 heterocycles. The molecule has 0 radical (unpaired) electrons. The molecule has 1 unspecified atom stereocenters. The van der Waals surface area contributed by atoms with Crippen LogP contribution in [0, 0.1) is 25.2 Å². The van der Waals surface area contributed by atoms with Crippen LogP contribution in [0.4, 0.5) is 0 Å². The van der Waals surface area contributed by atoms with Crippen molar-refractivity contribution >= 4 is 3.21 Å². The first-order chi connectivity index (χ1) is 21.9. The summed E-state index contributed by atoms with van der Waals surface area (Å²) in [7, 11) is 0. The molecule has 1 heteroatoms. The predicted molar refractivity (Wildman–Crippen MR) is 201 cm³/mol. The quantitative estimate of drug-likeness (QED) is 0.199. The van der Waals surface area contributed by atoms with Gasteiger partial charge in [0.2, 0.25) is 0 Å². The molecule has 0 fully saturated rings. The molecule has 2 aliphatic rings. The maximum atomic E-state index is 2.66. The van der Waals surface area contributed by atoms with Crippen molar-refractivity contribution in [1.29, 1.82) is 0 Å². The fraction of sp³-hybridized carbons (Fsp3) is 0.370. The van der Waals surface area contributed by atoms with Gasteiger partial charge in [-0.05, 0) is 0 Å². The number of hydrogen-bond donors (Lipinski definition) is 0. The van der Waals surface area contributed by atoms with E-state index in [1.54, 1.807) is 17.6 Å². The second kappa shape index (κ2) is 12.2. The molecule has 0 N–H and O–H groups in total. The van der Waals surface area contributed by atoms with Crippen molar-refractivity contribution in [2.75, 3.05) is 0 Å². The van der Waals surface area contributed by atoms with Crippen molar-refractivity contribution in [1.82, 2.24) is 0 Å². The van der Waals surface area contributed by atoms with Crippen LogP contribution in [0.15, 0.2) is 106 Å².